The fraction of sp³-hybridized carbons (Fsp3) is 0.538. The van der Waals surface area contributed by atoms with Crippen molar-refractivity contribution in [2.45, 2.75) is 40.0 Å². The number of hydrogen-bond donors (Lipinski definition) is 1. The maximum Gasteiger partial charge on any atom is 0.242 e. The average molecular weight is 276 g/mol. The van der Waals surface area contributed by atoms with Crippen LogP contribution in [-0.2, 0) is 12.8 Å². The normalized spacial score (nSPS) is 10.8. The van der Waals surface area contributed by atoms with Crippen LogP contribution in [0, 0.1) is 0 Å². The van der Waals surface area contributed by atoms with Crippen LogP contribution >= 0.6 is 0 Å². The monoisotopic (exact) mass is 276 g/mol. The zero-order valence-electron chi connectivity index (χ0n) is 12.1. The molecule has 0 aliphatic heterocycles. The summed E-state index contributed by atoms with van der Waals surface area (Å²) >= 11 is 0. The molecule has 2 rings (SSSR count). The number of rotatable bonds is 6. The van der Waals surface area contributed by atoms with Crippen LogP contribution in [0.4, 0.5) is 5.69 Å². The number of aromatic nitrogens is 5. The first-order chi connectivity index (χ1) is 9.71. The molecule has 7 heteroatoms. The summed E-state index contributed by atoms with van der Waals surface area (Å²) in [5.41, 5.74) is 6.48. The van der Waals surface area contributed by atoms with Gasteiger partial charge in [0.05, 0.1) is 6.61 Å². The molecule has 0 bridgehead atoms. The molecule has 0 saturated carbocycles. The molecule has 0 aliphatic carbocycles. The summed E-state index contributed by atoms with van der Waals surface area (Å²) in [4.78, 5) is 12.7. The molecule has 0 amide bonds. The first kappa shape index (κ1) is 14.2. The Morgan fingerprint density at radius 3 is 2.65 bits per heavy atom. The van der Waals surface area contributed by atoms with Crippen molar-refractivity contribution in [3.05, 3.63) is 18.0 Å². The van der Waals surface area contributed by atoms with Gasteiger partial charge in [-0.15, -0.1) is 5.10 Å². The Hall–Kier alpha value is -2.18. The highest BCUT2D eigenvalue weighted by molar-refractivity contribution is 5.59. The van der Waals surface area contributed by atoms with Gasteiger partial charge in [0.15, 0.2) is 11.6 Å². The first-order valence-electron chi connectivity index (χ1n) is 6.89. The Kier molecular flexibility index (Phi) is 4.49. The van der Waals surface area contributed by atoms with Crippen molar-refractivity contribution in [3.63, 3.8) is 0 Å². The summed E-state index contributed by atoms with van der Waals surface area (Å²) in [6, 6.07) is 0. The summed E-state index contributed by atoms with van der Waals surface area (Å²) in [6.45, 7) is 6.63. The molecule has 0 aromatic carbocycles. The Morgan fingerprint density at radius 1 is 1.20 bits per heavy atom. The zero-order valence-corrected chi connectivity index (χ0v) is 12.1. The summed E-state index contributed by atoms with van der Waals surface area (Å²) < 4.78 is 7.19. The summed E-state index contributed by atoms with van der Waals surface area (Å²) in [5, 5.41) is 4.43. The molecular weight excluding hydrogens is 256 g/mol. The average Bonchev–Trinajstić information content (AvgIpc) is 2.89. The molecule has 108 valence electrons. The van der Waals surface area contributed by atoms with E-state index in [-0.39, 0.29) is 0 Å². The van der Waals surface area contributed by atoms with Gasteiger partial charge in [0.2, 0.25) is 5.88 Å². The highest BCUT2D eigenvalue weighted by Crippen LogP contribution is 2.24. The second-order valence-corrected chi connectivity index (χ2v) is 4.33. The van der Waals surface area contributed by atoms with Crippen LogP contribution in [-0.4, -0.2) is 31.3 Å². The van der Waals surface area contributed by atoms with Crippen LogP contribution in [0.1, 0.15) is 38.8 Å². The third kappa shape index (κ3) is 2.71. The maximum atomic E-state index is 6.09. The standard InChI is InChI=1S/C13H20N6O/c1-4-7-20-13-11(14)12(15-8-16-13)19-10(6-3)17-9(5-2)18-19/h8H,4-7,14H2,1-3H3. The van der Waals surface area contributed by atoms with E-state index in [2.05, 4.69) is 20.1 Å². The van der Waals surface area contributed by atoms with Gasteiger partial charge >= 0.3 is 0 Å². The minimum Gasteiger partial charge on any atom is -0.476 e. The lowest BCUT2D eigenvalue weighted by Gasteiger charge is -2.10. The molecular formula is C13H20N6O. The molecule has 0 radical (unpaired) electrons. The van der Waals surface area contributed by atoms with Crippen molar-refractivity contribution in [3.8, 4) is 11.7 Å². The van der Waals surface area contributed by atoms with Crippen molar-refractivity contribution >= 4 is 5.69 Å². The number of nitrogens with zero attached hydrogens (tertiary/aromatic N) is 5. The van der Waals surface area contributed by atoms with Crippen molar-refractivity contribution in [2.24, 2.45) is 0 Å². The number of hydrogen-bond acceptors (Lipinski definition) is 6. The van der Waals surface area contributed by atoms with E-state index in [4.69, 9.17) is 10.5 Å². The van der Waals surface area contributed by atoms with Crippen molar-refractivity contribution < 1.29 is 4.74 Å². The third-order valence-corrected chi connectivity index (χ3v) is 2.82. The van der Waals surface area contributed by atoms with Crippen LogP contribution in [0.15, 0.2) is 6.33 Å². The number of nitrogens with two attached hydrogens (primary N) is 1. The van der Waals surface area contributed by atoms with Gasteiger partial charge in [0.1, 0.15) is 17.8 Å². The van der Waals surface area contributed by atoms with E-state index < -0.39 is 0 Å². The first-order valence-corrected chi connectivity index (χ1v) is 6.89. The molecule has 0 spiro atoms. The van der Waals surface area contributed by atoms with Gasteiger partial charge in [-0.1, -0.05) is 20.8 Å². The van der Waals surface area contributed by atoms with Crippen molar-refractivity contribution in [2.75, 3.05) is 12.3 Å². The zero-order chi connectivity index (χ0) is 14.5. The van der Waals surface area contributed by atoms with Crippen LogP contribution in [0.5, 0.6) is 5.88 Å². The molecule has 0 aliphatic rings. The van der Waals surface area contributed by atoms with Crippen LogP contribution in [0.25, 0.3) is 5.82 Å². The van der Waals surface area contributed by atoms with Crippen molar-refractivity contribution in [1.82, 2.24) is 24.7 Å². The van der Waals surface area contributed by atoms with Gasteiger partial charge < -0.3 is 10.5 Å². The number of nitrogen functional groups attached to an aromatic ring is 1. The fourth-order valence-corrected chi connectivity index (χ4v) is 1.79. The predicted molar refractivity (Wildman–Crippen MR) is 75.9 cm³/mol. The lowest BCUT2D eigenvalue weighted by atomic mass is 10.4. The molecule has 2 aromatic rings. The van der Waals surface area contributed by atoms with E-state index in [1.54, 1.807) is 4.68 Å². The minimum atomic E-state index is 0.392. The second-order valence-electron chi connectivity index (χ2n) is 4.33. The number of anilines is 1. The van der Waals surface area contributed by atoms with E-state index in [0.717, 1.165) is 30.9 Å². The quantitative estimate of drug-likeness (QED) is 0.860. The maximum absolute atomic E-state index is 6.09. The van der Waals surface area contributed by atoms with Crippen LogP contribution < -0.4 is 10.5 Å². The van der Waals surface area contributed by atoms with Crippen molar-refractivity contribution in [1.29, 1.82) is 0 Å². The van der Waals surface area contributed by atoms with E-state index in [1.807, 2.05) is 20.8 Å². The summed E-state index contributed by atoms with van der Waals surface area (Å²) in [5.74, 6) is 2.52. The van der Waals surface area contributed by atoms with E-state index >= 15 is 0 Å². The number of aryl methyl sites for hydroxylation is 2. The fourth-order valence-electron chi connectivity index (χ4n) is 1.79. The summed E-state index contributed by atoms with van der Waals surface area (Å²) in [7, 11) is 0. The largest absolute Gasteiger partial charge is 0.476 e. The topological polar surface area (TPSA) is 91.7 Å². The third-order valence-electron chi connectivity index (χ3n) is 2.82. The van der Waals surface area contributed by atoms with E-state index in [0.29, 0.717) is 24.0 Å². The van der Waals surface area contributed by atoms with Crippen LogP contribution in [0.3, 0.4) is 0 Å². The molecule has 7 nitrogen and oxygen atoms in total. The lowest BCUT2D eigenvalue weighted by molar-refractivity contribution is 0.306. The minimum absolute atomic E-state index is 0.392. The highest BCUT2D eigenvalue weighted by Gasteiger charge is 2.16. The molecule has 0 atom stereocenters. The predicted octanol–water partition coefficient (Wildman–Crippen LogP) is 1.55. The Balaban J connectivity index is 2.44. The summed E-state index contributed by atoms with van der Waals surface area (Å²) in [6.07, 6.45) is 3.84. The van der Waals surface area contributed by atoms with Gasteiger partial charge in [-0.25, -0.2) is 9.97 Å². The van der Waals surface area contributed by atoms with Crippen LogP contribution in [0.2, 0.25) is 0 Å². The molecule has 2 heterocycles. The molecule has 0 unspecified atom stereocenters. The van der Waals surface area contributed by atoms with Gasteiger partial charge in [-0.3, -0.25) is 0 Å². The second kappa shape index (κ2) is 6.31. The van der Waals surface area contributed by atoms with Gasteiger partial charge in [0.25, 0.3) is 0 Å². The highest BCUT2D eigenvalue weighted by atomic mass is 16.5. The Bertz CT molecular complexity index is 580. The van der Waals surface area contributed by atoms with Gasteiger partial charge in [-0.2, -0.15) is 9.67 Å². The van der Waals surface area contributed by atoms with Gasteiger partial charge in [-0.05, 0) is 6.42 Å². The SMILES string of the molecule is CCCOc1ncnc(-n2nc(CC)nc2CC)c1N. The molecule has 0 fully saturated rings. The molecule has 2 N–H and O–H groups in total. The molecule has 20 heavy (non-hydrogen) atoms. The van der Waals surface area contributed by atoms with E-state index in [9.17, 15) is 0 Å². The smallest absolute Gasteiger partial charge is 0.242 e. The Morgan fingerprint density at radius 2 is 2.00 bits per heavy atom. The lowest BCUT2D eigenvalue weighted by Crippen LogP contribution is -2.11. The molecule has 2 aromatic heterocycles. The van der Waals surface area contributed by atoms with E-state index in [1.165, 1.54) is 6.33 Å². The Labute approximate surface area is 118 Å². The van der Waals surface area contributed by atoms with Gasteiger partial charge in [0, 0.05) is 12.8 Å². The molecule has 0 saturated heterocycles. The number of ether oxygens (including phenoxy) is 1.